The fourth-order valence-electron chi connectivity index (χ4n) is 2.04. The van der Waals surface area contributed by atoms with Gasteiger partial charge < -0.3 is 10.2 Å². The van der Waals surface area contributed by atoms with Crippen LogP contribution in [0.1, 0.15) is 0 Å². The van der Waals surface area contributed by atoms with Gasteiger partial charge in [0.05, 0.1) is 12.1 Å². The Labute approximate surface area is 122 Å². The van der Waals surface area contributed by atoms with Gasteiger partial charge in [-0.05, 0) is 32.3 Å². The monoisotopic (exact) mass is 290 g/mol. The van der Waals surface area contributed by atoms with Gasteiger partial charge in [0, 0.05) is 11.3 Å². The minimum Gasteiger partial charge on any atom is -0.324 e. The lowest BCUT2D eigenvalue weighted by Gasteiger charge is -2.14. The molecule has 3 nitrogen and oxygen atoms in total. The molecule has 1 N–H and O–H groups in total. The standard InChI is InChI=1S/C16H16F2N2O/c1-20(2)10-15(21)19-14-9-4-3-6-11(14)16-12(17)7-5-8-13(16)18/h3-9H,10H2,1-2H3,(H,19,21). The molecule has 0 aromatic heterocycles. The highest BCUT2D eigenvalue weighted by molar-refractivity contribution is 5.96. The molecule has 0 unspecified atom stereocenters. The second kappa shape index (κ2) is 6.45. The third-order valence-corrected chi connectivity index (χ3v) is 2.89. The molecule has 0 heterocycles. The molecular weight excluding hydrogens is 274 g/mol. The molecule has 2 aromatic rings. The Hall–Kier alpha value is -2.27. The SMILES string of the molecule is CN(C)CC(=O)Nc1ccccc1-c1c(F)cccc1F. The Morgan fingerprint density at radius 3 is 2.29 bits per heavy atom. The maximum atomic E-state index is 13.9. The molecule has 2 rings (SSSR count). The molecule has 1 amide bonds. The van der Waals surface area contributed by atoms with E-state index in [0.717, 1.165) is 0 Å². The maximum Gasteiger partial charge on any atom is 0.238 e. The fraction of sp³-hybridized carbons (Fsp3) is 0.188. The van der Waals surface area contributed by atoms with Crippen LogP contribution in [0.25, 0.3) is 11.1 Å². The number of hydrogen-bond acceptors (Lipinski definition) is 2. The lowest BCUT2D eigenvalue weighted by molar-refractivity contribution is -0.116. The van der Waals surface area contributed by atoms with Crippen LogP contribution in [0.4, 0.5) is 14.5 Å². The fourth-order valence-corrected chi connectivity index (χ4v) is 2.04. The molecule has 21 heavy (non-hydrogen) atoms. The van der Waals surface area contributed by atoms with Crippen LogP contribution in [-0.4, -0.2) is 31.4 Å². The average molecular weight is 290 g/mol. The molecule has 0 spiro atoms. The minimum atomic E-state index is -0.663. The summed E-state index contributed by atoms with van der Waals surface area (Å²) in [5, 5.41) is 2.68. The van der Waals surface area contributed by atoms with Gasteiger partial charge in [-0.1, -0.05) is 24.3 Å². The van der Waals surface area contributed by atoms with Gasteiger partial charge >= 0.3 is 0 Å². The molecule has 5 heteroatoms. The summed E-state index contributed by atoms with van der Waals surface area (Å²) >= 11 is 0. The van der Waals surface area contributed by atoms with E-state index in [1.807, 2.05) is 0 Å². The van der Waals surface area contributed by atoms with Crippen molar-refractivity contribution >= 4 is 11.6 Å². The summed E-state index contributed by atoms with van der Waals surface area (Å²) in [7, 11) is 3.53. The first-order valence-electron chi connectivity index (χ1n) is 6.47. The maximum absolute atomic E-state index is 13.9. The van der Waals surface area contributed by atoms with Crippen LogP contribution in [0.5, 0.6) is 0 Å². The zero-order valence-corrected chi connectivity index (χ0v) is 11.9. The summed E-state index contributed by atoms with van der Waals surface area (Å²) in [6.45, 7) is 0.189. The molecule has 0 saturated carbocycles. The van der Waals surface area contributed by atoms with E-state index in [-0.39, 0.29) is 18.0 Å². The summed E-state index contributed by atoms with van der Waals surface area (Å²) in [5.74, 6) is -1.57. The molecule has 0 aliphatic rings. The van der Waals surface area contributed by atoms with Gasteiger partial charge in [0.1, 0.15) is 11.6 Å². The zero-order chi connectivity index (χ0) is 15.4. The number of nitrogens with zero attached hydrogens (tertiary/aromatic N) is 1. The molecule has 0 bridgehead atoms. The van der Waals surface area contributed by atoms with Crippen LogP contribution in [-0.2, 0) is 4.79 Å². The number of rotatable bonds is 4. The van der Waals surface area contributed by atoms with Gasteiger partial charge in [-0.2, -0.15) is 0 Å². The Morgan fingerprint density at radius 2 is 1.67 bits per heavy atom. The molecule has 0 aliphatic carbocycles. The summed E-state index contributed by atoms with van der Waals surface area (Å²) in [6, 6.07) is 10.3. The van der Waals surface area contributed by atoms with Crippen molar-refractivity contribution in [3.63, 3.8) is 0 Å². The van der Waals surface area contributed by atoms with Crippen molar-refractivity contribution < 1.29 is 13.6 Å². The molecule has 0 radical (unpaired) electrons. The summed E-state index contributed by atoms with van der Waals surface area (Å²) in [6.07, 6.45) is 0. The number of amides is 1. The Bertz CT molecular complexity index is 636. The third kappa shape index (κ3) is 3.64. The van der Waals surface area contributed by atoms with Crippen molar-refractivity contribution in [3.8, 4) is 11.1 Å². The molecule has 0 atom stereocenters. The topological polar surface area (TPSA) is 32.3 Å². The number of carbonyl (C=O) groups excluding carboxylic acids is 1. The van der Waals surface area contributed by atoms with E-state index in [1.165, 1.54) is 18.2 Å². The highest BCUT2D eigenvalue weighted by Crippen LogP contribution is 2.32. The van der Waals surface area contributed by atoms with Crippen LogP contribution in [0, 0.1) is 11.6 Å². The number of nitrogens with one attached hydrogen (secondary N) is 1. The van der Waals surface area contributed by atoms with Gasteiger partial charge in [0.25, 0.3) is 0 Å². The van der Waals surface area contributed by atoms with Crippen molar-refractivity contribution in [2.24, 2.45) is 0 Å². The van der Waals surface area contributed by atoms with E-state index in [9.17, 15) is 13.6 Å². The molecule has 2 aromatic carbocycles. The summed E-state index contributed by atoms with van der Waals surface area (Å²) in [5.41, 5.74) is 0.562. The van der Waals surface area contributed by atoms with Gasteiger partial charge in [0.15, 0.2) is 0 Å². The van der Waals surface area contributed by atoms with E-state index in [2.05, 4.69) is 5.32 Å². The second-order valence-electron chi connectivity index (χ2n) is 4.93. The van der Waals surface area contributed by atoms with Crippen molar-refractivity contribution in [2.45, 2.75) is 0 Å². The Kier molecular flexibility index (Phi) is 4.65. The van der Waals surface area contributed by atoms with Crippen LogP contribution in [0.3, 0.4) is 0 Å². The molecule has 110 valence electrons. The van der Waals surface area contributed by atoms with Crippen molar-refractivity contribution in [3.05, 3.63) is 54.1 Å². The molecular formula is C16H16F2N2O. The minimum absolute atomic E-state index is 0.141. The number of benzene rings is 2. The first kappa shape index (κ1) is 15.1. The summed E-state index contributed by atoms with van der Waals surface area (Å²) < 4.78 is 27.8. The molecule has 0 saturated heterocycles. The van der Waals surface area contributed by atoms with E-state index in [4.69, 9.17) is 0 Å². The Balaban J connectivity index is 2.40. The molecule has 0 fully saturated rings. The first-order valence-corrected chi connectivity index (χ1v) is 6.47. The molecule has 0 aliphatic heterocycles. The van der Waals surface area contributed by atoms with Crippen molar-refractivity contribution in [2.75, 3.05) is 26.0 Å². The van der Waals surface area contributed by atoms with E-state index in [0.29, 0.717) is 11.3 Å². The van der Waals surface area contributed by atoms with Gasteiger partial charge in [0.2, 0.25) is 5.91 Å². The number of carbonyl (C=O) groups is 1. The number of para-hydroxylation sites is 1. The van der Waals surface area contributed by atoms with E-state index < -0.39 is 11.6 Å². The van der Waals surface area contributed by atoms with Crippen molar-refractivity contribution in [1.29, 1.82) is 0 Å². The van der Waals surface area contributed by atoms with Gasteiger partial charge in [-0.25, -0.2) is 8.78 Å². The smallest absolute Gasteiger partial charge is 0.238 e. The quantitative estimate of drug-likeness (QED) is 0.938. The van der Waals surface area contributed by atoms with E-state index >= 15 is 0 Å². The second-order valence-corrected chi connectivity index (χ2v) is 4.93. The predicted octanol–water partition coefficient (Wildman–Crippen LogP) is 3.13. The predicted molar refractivity (Wildman–Crippen MR) is 79.0 cm³/mol. The Morgan fingerprint density at radius 1 is 1.05 bits per heavy atom. The highest BCUT2D eigenvalue weighted by Gasteiger charge is 2.15. The van der Waals surface area contributed by atoms with Crippen LogP contribution in [0.15, 0.2) is 42.5 Å². The average Bonchev–Trinajstić information content (AvgIpc) is 2.39. The third-order valence-electron chi connectivity index (χ3n) is 2.89. The first-order chi connectivity index (χ1) is 9.99. The van der Waals surface area contributed by atoms with Crippen molar-refractivity contribution in [1.82, 2.24) is 4.90 Å². The van der Waals surface area contributed by atoms with Crippen LogP contribution < -0.4 is 5.32 Å². The zero-order valence-electron chi connectivity index (χ0n) is 11.9. The van der Waals surface area contributed by atoms with Crippen LogP contribution >= 0.6 is 0 Å². The highest BCUT2D eigenvalue weighted by atomic mass is 19.1. The van der Waals surface area contributed by atoms with Gasteiger partial charge in [-0.15, -0.1) is 0 Å². The number of hydrogen-bond donors (Lipinski definition) is 1. The lowest BCUT2D eigenvalue weighted by atomic mass is 10.0. The summed E-state index contributed by atoms with van der Waals surface area (Å²) in [4.78, 5) is 13.5. The number of anilines is 1. The van der Waals surface area contributed by atoms with Gasteiger partial charge in [-0.3, -0.25) is 4.79 Å². The van der Waals surface area contributed by atoms with Crippen LogP contribution in [0.2, 0.25) is 0 Å². The number of likely N-dealkylation sites (N-methyl/N-ethyl adjacent to an activating group) is 1. The normalized spacial score (nSPS) is 10.7. The largest absolute Gasteiger partial charge is 0.324 e. The number of halogens is 2. The van der Waals surface area contributed by atoms with E-state index in [1.54, 1.807) is 43.3 Å². The lowest BCUT2D eigenvalue weighted by Crippen LogP contribution is -2.27.